The molecule has 5 aromatic carbocycles. The molecular formula is C30H18BrNS. The van der Waals surface area contributed by atoms with E-state index in [4.69, 9.17) is 0 Å². The topological polar surface area (TPSA) is 4.93 Å². The van der Waals surface area contributed by atoms with Crippen molar-refractivity contribution in [3.8, 4) is 16.8 Å². The second kappa shape index (κ2) is 7.31. The van der Waals surface area contributed by atoms with Crippen LogP contribution < -0.4 is 0 Å². The summed E-state index contributed by atoms with van der Waals surface area (Å²) in [7, 11) is 0. The first kappa shape index (κ1) is 19.1. The number of benzene rings is 5. The molecule has 0 bridgehead atoms. The maximum Gasteiger partial charge on any atom is 0.0555 e. The molecule has 2 aromatic heterocycles. The molecule has 0 radical (unpaired) electrons. The van der Waals surface area contributed by atoms with Gasteiger partial charge in [-0.2, -0.15) is 0 Å². The van der Waals surface area contributed by atoms with Gasteiger partial charge in [0.05, 0.1) is 11.0 Å². The lowest BCUT2D eigenvalue weighted by atomic mass is 10.1. The van der Waals surface area contributed by atoms with E-state index in [1.54, 1.807) is 0 Å². The van der Waals surface area contributed by atoms with Crippen LogP contribution in [0.1, 0.15) is 0 Å². The van der Waals surface area contributed by atoms with E-state index in [-0.39, 0.29) is 0 Å². The van der Waals surface area contributed by atoms with Gasteiger partial charge >= 0.3 is 0 Å². The van der Waals surface area contributed by atoms with Crippen molar-refractivity contribution in [2.24, 2.45) is 0 Å². The lowest BCUT2D eigenvalue weighted by Crippen LogP contribution is -1.94. The highest BCUT2D eigenvalue weighted by Gasteiger charge is 2.16. The third-order valence-corrected chi connectivity index (χ3v) is 8.06. The summed E-state index contributed by atoms with van der Waals surface area (Å²) in [5.41, 5.74) is 6.10. The summed E-state index contributed by atoms with van der Waals surface area (Å²) in [6.45, 7) is 0. The molecule has 3 heteroatoms. The maximum absolute atomic E-state index is 3.70. The van der Waals surface area contributed by atoms with Crippen LogP contribution in [0.2, 0.25) is 0 Å². The fourth-order valence-corrected chi connectivity index (χ4v) is 6.43. The second-order valence-electron chi connectivity index (χ2n) is 8.38. The van der Waals surface area contributed by atoms with Crippen molar-refractivity contribution in [2.75, 3.05) is 0 Å². The molecule has 1 nitrogen and oxygen atoms in total. The van der Waals surface area contributed by atoms with Gasteiger partial charge in [0, 0.05) is 41.1 Å². The van der Waals surface area contributed by atoms with E-state index in [1.165, 1.54) is 58.8 Å². The molecule has 0 aliphatic carbocycles. The van der Waals surface area contributed by atoms with Gasteiger partial charge in [-0.25, -0.2) is 0 Å². The molecule has 2 heterocycles. The van der Waals surface area contributed by atoms with Gasteiger partial charge < -0.3 is 4.57 Å². The molecule has 156 valence electrons. The third-order valence-electron chi connectivity index (χ3n) is 6.44. The molecule has 0 aliphatic heterocycles. The standard InChI is InChI=1S/C30H18BrNS/c31-21-13-14-27-24(16-21)25-17-26-23-11-4-5-12-29(23)33-30(26)18-28(25)32(27)22-10-6-9-20(15-22)19-7-2-1-3-8-19/h1-18H. The molecule has 0 amide bonds. The fraction of sp³-hybridized carbons (Fsp3) is 0. The third kappa shape index (κ3) is 2.97. The summed E-state index contributed by atoms with van der Waals surface area (Å²) in [5.74, 6) is 0. The largest absolute Gasteiger partial charge is 0.309 e. The van der Waals surface area contributed by atoms with Crippen molar-refractivity contribution in [1.82, 2.24) is 4.57 Å². The minimum absolute atomic E-state index is 1.10. The molecular weight excluding hydrogens is 486 g/mol. The zero-order chi connectivity index (χ0) is 21.9. The average molecular weight is 504 g/mol. The number of halogens is 1. The fourth-order valence-electron chi connectivity index (χ4n) is 4.94. The number of hydrogen-bond acceptors (Lipinski definition) is 1. The van der Waals surface area contributed by atoms with Crippen LogP contribution >= 0.6 is 27.3 Å². The average Bonchev–Trinajstić information content (AvgIpc) is 3.38. The number of thiophene rings is 1. The van der Waals surface area contributed by atoms with Crippen molar-refractivity contribution in [3.05, 3.63) is 114 Å². The Morgan fingerprint density at radius 2 is 1.30 bits per heavy atom. The van der Waals surface area contributed by atoms with Gasteiger partial charge in [-0.1, -0.05) is 76.6 Å². The van der Waals surface area contributed by atoms with Gasteiger partial charge in [0.15, 0.2) is 0 Å². The van der Waals surface area contributed by atoms with Crippen LogP contribution in [0.3, 0.4) is 0 Å². The number of hydrogen-bond donors (Lipinski definition) is 0. The quantitative estimate of drug-likeness (QED) is 0.221. The highest BCUT2D eigenvalue weighted by atomic mass is 79.9. The first-order valence-corrected chi connectivity index (χ1v) is 12.6. The molecule has 0 aliphatic rings. The Morgan fingerprint density at radius 3 is 2.21 bits per heavy atom. The number of nitrogens with zero attached hydrogens (tertiary/aromatic N) is 1. The maximum atomic E-state index is 3.70. The van der Waals surface area contributed by atoms with Crippen LogP contribution in [-0.2, 0) is 0 Å². The Labute approximate surface area is 203 Å². The Kier molecular flexibility index (Phi) is 4.23. The van der Waals surface area contributed by atoms with Crippen LogP contribution in [0.5, 0.6) is 0 Å². The van der Waals surface area contributed by atoms with E-state index < -0.39 is 0 Å². The zero-order valence-corrected chi connectivity index (χ0v) is 20.0. The molecule has 7 aromatic rings. The highest BCUT2D eigenvalue weighted by molar-refractivity contribution is 9.10. The normalized spacial score (nSPS) is 11.8. The van der Waals surface area contributed by atoms with Crippen LogP contribution in [0.4, 0.5) is 0 Å². The Bertz CT molecular complexity index is 1830. The molecule has 0 unspecified atom stereocenters. The predicted molar refractivity (Wildman–Crippen MR) is 147 cm³/mol. The summed E-state index contributed by atoms with van der Waals surface area (Å²) in [6, 6.07) is 39.5. The Balaban J connectivity index is 1.59. The second-order valence-corrected chi connectivity index (χ2v) is 10.4. The summed E-state index contributed by atoms with van der Waals surface area (Å²) >= 11 is 5.57. The van der Waals surface area contributed by atoms with Gasteiger partial charge in [0.25, 0.3) is 0 Å². The minimum Gasteiger partial charge on any atom is -0.309 e. The molecule has 0 saturated heterocycles. The van der Waals surface area contributed by atoms with Gasteiger partial charge in [-0.05, 0) is 59.7 Å². The van der Waals surface area contributed by atoms with E-state index in [1.807, 2.05) is 11.3 Å². The van der Waals surface area contributed by atoms with Gasteiger partial charge in [-0.3, -0.25) is 0 Å². The molecule has 0 fully saturated rings. The summed E-state index contributed by atoms with van der Waals surface area (Å²) in [4.78, 5) is 0. The van der Waals surface area contributed by atoms with Crippen LogP contribution in [0, 0.1) is 0 Å². The van der Waals surface area contributed by atoms with E-state index in [9.17, 15) is 0 Å². The van der Waals surface area contributed by atoms with Crippen LogP contribution in [-0.4, -0.2) is 4.57 Å². The summed E-state index contributed by atoms with van der Waals surface area (Å²) < 4.78 is 6.17. The molecule has 0 saturated carbocycles. The molecule has 33 heavy (non-hydrogen) atoms. The van der Waals surface area contributed by atoms with Crippen molar-refractivity contribution in [3.63, 3.8) is 0 Å². The molecule has 0 spiro atoms. The lowest BCUT2D eigenvalue weighted by Gasteiger charge is -2.10. The molecule has 7 rings (SSSR count). The van der Waals surface area contributed by atoms with Crippen molar-refractivity contribution in [2.45, 2.75) is 0 Å². The number of fused-ring (bicyclic) bond motifs is 6. The predicted octanol–water partition coefficient (Wildman–Crippen LogP) is 9.58. The zero-order valence-electron chi connectivity index (χ0n) is 17.6. The SMILES string of the molecule is Brc1ccc2c(c1)c1cc3c(cc1n2-c1cccc(-c2ccccc2)c1)sc1ccccc13. The Hall–Kier alpha value is -3.40. The van der Waals surface area contributed by atoms with Gasteiger partial charge in [0.2, 0.25) is 0 Å². The van der Waals surface area contributed by atoms with Gasteiger partial charge in [-0.15, -0.1) is 11.3 Å². The van der Waals surface area contributed by atoms with E-state index >= 15 is 0 Å². The van der Waals surface area contributed by atoms with Crippen LogP contribution in [0.25, 0.3) is 58.8 Å². The van der Waals surface area contributed by atoms with Crippen molar-refractivity contribution in [1.29, 1.82) is 0 Å². The van der Waals surface area contributed by atoms with E-state index in [0.717, 1.165) is 4.47 Å². The van der Waals surface area contributed by atoms with Crippen molar-refractivity contribution >= 4 is 69.2 Å². The molecule has 0 atom stereocenters. The summed E-state index contributed by atoms with van der Waals surface area (Å²) in [5, 5.41) is 5.22. The van der Waals surface area contributed by atoms with E-state index in [2.05, 4.69) is 130 Å². The lowest BCUT2D eigenvalue weighted by molar-refractivity contribution is 1.18. The first-order valence-electron chi connectivity index (χ1n) is 11.0. The van der Waals surface area contributed by atoms with Crippen molar-refractivity contribution < 1.29 is 0 Å². The Morgan fingerprint density at radius 1 is 0.515 bits per heavy atom. The summed E-state index contributed by atoms with van der Waals surface area (Å²) in [6.07, 6.45) is 0. The number of aromatic nitrogens is 1. The highest BCUT2D eigenvalue weighted by Crippen LogP contribution is 2.41. The monoisotopic (exact) mass is 503 g/mol. The first-order chi connectivity index (χ1) is 16.3. The van der Waals surface area contributed by atoms with Crippen LogP contribution in [0.15, 0.2) is 114 Å². The minimum atomic E-state index is 1.10. The number of rotatable bonds is 2. The van der Waals surface area contributed by atoms with Gasteiger partial charge in [0.1, 0.15) is 0 Å². The van der Waals surface area contributed by atoms with E-state index in [0.29, 0.717) is 0 Å². The smallest absolute Gasteiger partial charge is 0.0555 e. The molecule has 0 N–H and O–H groups in total.